The molecule has 3 heteroatoms. The monoisotopic (exact) mass is 225 g/mol. The second-order valence-corrected chi connectivity index (χ2v) is 3.05. The summed E-state index contributed by atoms with van der Waals surface area (Å²) in [4.78, 5) is 0. The first-order valence-electron chi connectivity index (χ1n) is 3.39. The predicted octanol–water partition coefficient (Wildman–Crippen LogP) is 1.38. The van der Waals surface area contributed by atoms with Crippen molar-refractivity contribution in [3.63, 3.8) is 0 Å². The van der Waals surface area contributed by atoms with Gasteiger partial charge in [-0.2, -0.15) is 0 Å². The van der Waals surface area contributed by atoms with Crippen molar-refractivity contribution in [3.05, 3.63) is 28.2 Å². The number of aliphatic hydroxyl groups is 1. The van der Waals surface area contributed by atoms with E-state index in [2.05, 4.69) is 27.8 Å². The Bertz CT molecular complexity index is 338. The fraction of sp³-hybridized carbons (Fsp3) is 0.111. The Balaban J connectivity index is 2.97. The van der Waals surface area contributed by atoms with Gasteiger partial charge in [0.2, 0.25) is 0 Å². The minimum atomic E-state index is -0.123. The Morgan fingerprint density at radius 2 is 2.25 bits per heavy atom. The molecule has 0 saturated heterocycles. The Morgan fingerprint density at radius 3 is 2.83 bits per heavy atom. The number of hydrogen-bond donors (Lipinski definition) is 2. The third kappa shape index (κ3) is 2.26. The third-order valence-corrected chi connectivity index (χ3v) is 2.00. The van der Waals surface area contributed by atoms with Crippen molar-refractivity contribution in [1.82, 2.24) is 0 Å². The standard InChI is InChI=1S/C9H8BrNO/c10-8-6-7(2-1-5-12)3-4-9(8)11/h3-4,6,12H,5,11H2. The van der Waals surface area contributed by atoms with E-state index in [1.165, 1.54) is 0 Å². The van der Waals surface area contributed by atoms with Gasteiger partial charge in [0.05, 0.1) is 0 Å². The zero-order valence-electron chi connectivity index (χ0n) is 6.34. The van der Waals surface area contributed by atoms with Gasteiger partial charge >= 0.3 is 0 Å². The van der Waals surface area contributed by atoms with Crippen LogP contribution in [-0.2, 0) is 0 Å². The summed E-state index contributed by atoms with van der Waals surface area (Å²) in [6, 6.07) is 5.40. The summed E-state index contributed by atoms with van der Waals surface area (Å²) in [6.07, 6.45) is 0. The number of nitrogen functional groups attached to an aromatic ring is 1. The van der Waals surface area contributed by atoms with E-state index in [1.807, 2.05) is 12.1 Å². The number of halogens is 1. The zero-order valence-corrected chi connectivity index (χ0v) is 7.93. The molecule has 0 aliphatic heterocycles. The smallest absolute Gasteiger partial charge is 0.104 e. The molecule has 0 radical (unpaired) electrons. The van der Waals surface area contributed by atoms with E-state index in [0.717, 1.165) is 10.0 Å². The van der Waals surface area contributed by atoms with E-state index in [9.17, 15) is 0 Å². The zero-order chi connectivity index (χ0) is 8.97. The Hall–Kier alpha value is -0.980. The Morgan fingerprint density at radius 1 is 1.50 bits per heavy atom. The summed E-state index contributed by atoms with van der Waals surface area (Å²) >= 11 is 3.28. The van der Waals surface area contributed by atoms with Gasteiger partial charge in [0, 0.05) is 15.7 Å². The van der Waals surface area contributed by atoms with Crippen molar-refractivity contribution >= 4 is 21.6 Å². The highest BCUT2D eigenvalue weighted by atomic mass is 79.9. The highest BCUT2D eigenvalue weighted by Gasteiger charge is 1.94. The van der Waals surface area contributed by atoms with Crippen LogP contribution >= 0.6 is 15.9 Å². The number of aliphatic hydroxyl groups excluding tert-OH is 1. The van der Waals surface area contributed by atoms with Gasteiger partial charge in [0.15, 0.2) is 0 Å². The highest BCUT2D eigenvalue weighted by Crippen LogP contribution is 2.19. The van der Waals surface area contributed by atoms with Gasteiger partial charge in [-0.1, -0.05) is 11.8 Å². The molecular weight excluding hydrogens is 218 g/mol. The van der Waals surface area contributed by atoms with Crippen LogP contribution in [0.5, 0.6) is 0 Å². The predicted molar refractivity (Wildman–Crippen MR) is 52.5 cm³/mol. The minimum Gasteiger partial charge on any atom is -0.398 e. The summed E-state index contributed by atoms with van der Waals surface area (Å²) in [5.74, 6) is 5.33. The summed E-state index contributed by atoms with van der Waals surface area (Å²) in [6.45, 7) is -0.123. The lowest BCUT2D eigenvalue weighted by atomic mass is 10.2. The van der Waals surface area contributed by atoms with Crippen LogP contribution in [-0.4, -0.2) is 11.7 Å². The van der Waals surface area contributed by atoms with Crippen LogP contribution in [0.4, 0.5) is 5.69 Å². The second kappa shape index (κ2) is 4.15. The normalized spacial score (nSPS) is 8.83. The van der Waals surface area contributed by atoms with Crippen molar-refractivity contribution in [2.45, 2.75) is 0 Å². The molecule has 3 N–H and O–H groups in total. The average molecular weight is 226 g/mol. The molecular formula is C9H8BrNO. The van der Waals surface area contributed by atoms with E-state index in [0.29, 0.717) is 5.69 Å². The van der Waals surface area contributed by atoms with Crippen LogP contribution in [0.2, 0.25) is 0 Å². The summed E-state index contributed by atoms with van der Waals surface area (Å²) in [7, 11) is 0. The molecule has 0 atom stereocenters. The van der Waals surface area contributed by atoms with E-state index in [-0.39, 0.29) is 6.61 Å². The molecule has 0 bridgehead atoms. The van der Waals surface area contributed by atoms with Crippen molar-refractivity contribution in [2.75, 3.05) is 12.3 Å². The summed E-state index contributed by atoms with van der Waals surface area (Å²) < 4.78 is 0.826. The van der Waals surface area contributed by atoms with E-state index >= 15 is 0 Å². The molecule has 0 aromatic heterocycles. The molecule has 0 spiro atoms. The SMILES string of the molecule is Nc1ccc(C#CCO)cc1Br. The molecule has 2 nitrogen and oxygen atoms in total. The molecule has 0 saturated carbocycles. The number of nitrogens with two attached hydrogens (primary N) is 1. The van der Waals surface area contributed by atoms with Gasteiger partial charge in [-0.3, -0.25) is 0 Å². The molecule has 0 amide bonds. The molecule has 62 valence electrons. The molecule has 0 aliphatic carbocycles. The van der Waals surface area contributed by atoms with Crippen LogP contribution in [0.3, 0.4) is 0 Å². The quantitative estimate of drug-likeness (QED) is 0.518. The minimum absolute atomic E-state index is 0.123. The van der Waals surface area contributed by atoms with Gasteiger partial charge in [-0.15, -0.1) is 0 Å². The molecule has 0 unspecified atom stereocenters. The lowest BCUT2D eigenvalue weighted by molar-refractivity contribution is 0.350. The molecule has 0 aliphatic rings. The van der Waals surface area contributed by atoms with Gasteiger partial charge in [-0.05, 0) is 34.1 Å². The molecule has 1 aromatic carbocycles. The van der Waals surface area contributed by atoms with Gasteiger partial charge in [0.1, 0.15) is 6.61 Å². The lowest BCUT2D eigenvalue weighted by Gasteiger charge is -1.96. The Labute approximate surface area is 79.5 Å². The maximum Gasteiger partial charge on any atom is 0.104 e. The summed E-state index contributed by atoms with van der Waals surface area (Å²) in [5.41, 5.74) is 7.10. The van der Waals surface area contributed by atoms with E-state index in [4.69, 9.17) is 10.8 Å². The van der Waals surface area contributed by atoms with E-state index < -0.39 is 0 Å². The maximum absolute atomic E-state index is 8.44. The third-order valence-electron chi connectivity index (χ3n) is 1.31. The van der Waals surface area contributed by atoms with Crippen molar-refractivity contribution < 1.29 is 5.11 Å². The van der Waals surface area contributed by atoms with Crippen molar-refractivity contribution in [3.8, 4) is 11.8 Å². The number of rotatable bonds is 0. The Kier molecular flexibility index (Phi) is 3.15. The second-order valence-electron chi connectivity index (χ2n) is 2.20. The molecule has 1 aromatic rings. The van der Waals surface area contributed by atoms with Crippen LogP contribution in [0.1, 0.15) is 5.56 Å². The van der Waals surface area contributed by atoms with Crippen LogP contribution < -0.4 is 5.73 Å². The van der Waals surface area contributed by atoms with E-state index in [1.54, 1.807) is 6.07 Å². The van der Waals surface area contributed by atoms with Crippen molar-refractivity contribution in [2.24, 2.45) is 0 Å². The van der Waals surface area contributed by atoms with Gasteiger partial charge in [-0.25, -0.2) is 0 Å². The van der Waals surface area contributed by atoms with Gasteiger partial charge in [0.25, 0.3) is 0 Å². The number of hydrogen-bond acceptors (Lipinski definition) is 2. The average Bonchev–Trinajstić information content (AvgIpc) is 2.07. The molecule has 0 fully saturated rings. The first-order chi connectivity index (χ1) is 5.74. The fourth-order valence-corrected chi connectivity index (χ4v) is 1.13. The maximum atomic E-state index is 8.44. The van der Waals surface area contributed by atoms with Crippen LogP contribution in [0.15, 0.2) is 22.7 Å². The fourth-order valence-electron chi connectivity index (χ4n) is 0.746. The number of benzene rings is 1. The van der Waals surface area contributed by atoms with Crippen LogP contribution in [0.25, 0.3) is 0 Å². The largest absolute Gasteiger partial charge is 0.398 e. The lowest BCUT2D eigenvalue weighted by Crippen LogP contribution is -1.86. The van der Waals surface area contributed by atoms with Crippen LogP contribution in [0, 0.1) is 11.8 Å². The molecule has 12 heavy (non-hydrogen) atoms. The number of anilines is 1. The summed E-state index contributed by atoms with van der Waals surface area (Å²) in [5, 5.41) is 8.44. The first kappa shape index (κ1) is 9.11. The molecule has 0 heterocycles. The van der Waals surface area contributed by atoms with Crippen molar-refractivity contribution in [1.29, 1.82) is 0 Å². The highest BCUT2D eigenvalue weighted by molar-refractivity contribution is 9.10. The topological polar surface area (TPSA) is 46.2 Å². The molecule has 1 rings (SSSR count). The van der Waals surface area contributed by atoms with Gasteiger partial charge < -0.3 is 10.8 Å². The first-order valence-corrected chi connectivity index (χ1v) is 4.18.